The molecule has 0 aliphatic carbocycles. The lowest BCUT2D eigenvalue weighted by molar-refractivity contribution is 0.306. The summed E-state index contributed by atoms with van der Waals surface area (Å²) in [6.45, 7) is 0.433. The second-order valence-electron chi connectivity index (χ2n) is 4.24. The first-order valence-electron chi connectivity index (χ1n) is 6.61. The first-order chi connectivity index (χ1) is 9.90. The van der Waals surface area contributed by atoms with Crippen LogP contribution in [0.1, 0.15) is 11.1 Å². The summed E-state index contributed by atoms with van der Waals surface area (Å²) >= 11 is 0. The molecule has 1 N–H and O–H groups in total. The number of hydrogen-bond acceptors (Lipinski definition) is 2. The van der Waals surface area contributed by atoms with Crippen LogP contribution in [-0.2, 0) is 4.74 Å². The molecule has 0 unspecified atom stereocenters. The van der Waals surface area contributed by atoms with Crippen molar-refractivity contribution in [2.45, 2.75) is 0 Å². The van der Waals surface area contributed by atoms with Gasteiger partial charge in [0.15, 0.2) is 0 Å². The fraction of sp³-hybridized carbons (Fsp3) is 0.111. The number of rotatable bonds is 6. The van der Waals surface area contributed by atoms with Gasteiger partial charge in [-0.2, -0.15) is 0 Å². The molecule has 0 radical (unpaired) electrons. The molecule has 0 aliphatic heterocycles. The summed E-state index contributed by atoms with van der Waals surface area (Å²) in [6, 6.07) is 19.8. The predicted octanol–water partition coefficient (Wildman–Crippen LogP) is 3.75. The van der Waals surface area contributed by atoms with E-state index in [2.05, 4.69) is 0 Å². The molecule has 0 heterocycles. The number of ether oxygens (including phenoxy) is 1. The first-order valence-corrected chi connectivity index (χ1v) is 6.61. The Bertz CT molecular complexity index is 556. The van der Waals surface area contributed by atoms with Crippen LogP contribution in [-0.4, -0.2) is 18.3 Å². The molecule has 0 fully saturated rings. The Morgan fingerprint density at radius 2 is 1.60 bits per heavy atom. The topological polar surface area (TPSA) is 29.5 Å². The van der Waals surface area contributed by atoms with Crippen LogP contribution in [0, 0.1) is 0 Å². The number of benzene rings is 2. The highest BCUT2D eigenvalue weighted by Gasteiger charge is 2.00. The van der Waals surface area contributed by atoms with Gasteiger partial charge in [0.05, 0.1) is 6.61 Å². The molecular formula is C18H18O2. The molecule has 0 aromatic heterocycles. The van der Waals surface area contributed by atoms with E-state index in [0.29, 0.717) is 12.4 Å². The molecule has 2 nitrogen and oxygen atoms in total. The molecule has 2 rings (SSSR count). The Balaban J connectivity index is 1.94. The van der Waals surface area contributed by atoms with Gasteiger partial charge in [0.25, 0.3) is 0 Å². The molecule has 0 saturated heterocycles. The summed E-state index contributed by atoms with van der Waals surface area (Å²) in [5, 5.41) is 9.06. The fourth-order valence-electron chi connectivity index (χ4n) is 1.83. The summed E-state index contributed by atoms with van der Waals surface area (Å²) in [6.07, 6.45) is 5.65. The monoisotopic (exact) mass is 266 g/mol. The second-order valence-corrected chi connectivity index (χ2v) is 4.24. The van der Waals surface area contributed by atoms with Gasteiger partial charge < -0.3 is 9.84 Å². The van der Waals surface area contributed by atoms with Gasteiger partial charge >= 0.3 is 0 Å². The smallest absolute Gasteiger partial charge is 0.125 e. The molecular weight excluding hydrogens is 248 g/mol. The minimum absolute atomic E-state index is 0.0351. The fourth-order valence-corrected chi connectivity index (χ4v) is 1.83. The van der Waals surface area contributed by atoms with Crippen LogP contribution in [0.2, 0.25) is 0 Å². The molecule has 20 heavy (non-hydrogen) atoms. The predicted molar refractivity (Wildman–Crippen MR) is 82.9 cm³/mol. The molecule has 0 atom stereocenters. The maximum Gasteiger partial charge on any atom is 0.125 e. The van der Waals surface area contributed by atoms with Crippen LogP contribution >= 0.6 is 0 Å². The third-order valence-electron chi connectivity index (χ3n) is 2.78. The van der Waals surface area contributed by atoms with E-state index in [1.54, 1.807) is 6.08 Å². The first kappa shape index (κ1) is 14.1. The number of aliphatic hydroxyl groups excluding tert-OH is 1. The van der Waals surface area contributed by atoms with E-state index in [-0.39, 0.29) is 6.61 Å². The van der Waals surface area contributed by atoms with Crippen LogP contribution < -0.4 is 0 Å². The van der Waals surface area contributed by atoms with Crippen molar-refractivity contribution in [1.29, 1.82) is 0 Å². The molecule has 0 saturated carbocycles. The van der Waals surface area contributed by atoms with E-state index in [0.717, 1.165) is 11.1 Å². The highest BCUT2D eigenvalue weighted by molar-refractivity contribution is 5.60. The minimum Gasteiger partial charge on any atom is -0.489 e. The van der Waals surface area contributed by atoms with Gasteiger partial charge in [-0.05, 0) is 17.7 Å². The zero-order valence-corrected chi connectivity index (χ0v) is 11.3. The quantitative estimate of drug-likeness (QED) is 0.807. The lowest BCUT2D eigenvalue weighted by Gasteiger charge is -2.08. The Labute approximate surface area is 119 Å². The van der Waals surface area contributed by atoms with Gasteiger partial charge in [-0.25, -0.2) is 0 Å². The van der Waals surface area contributed by atoms with E-state index < -0.39 is 0 Å². The molecule has 2 heteroatoms. The minimum atomic E-state index is -0.0351. The molecule has 102 valence electrons. The molecule has 0 spiro atoms. The van der Waals surface area contributed by atoms with Gasteiger partial charge in [-0.15, -0.1) is 0 Å². The number of hydrogen-bond donors (Lipinski definition) is 1. The van der Waals surface area contributed by atoms with Crippen molar-refractivity contribution in [3.8, 4) is 0 Å². The third-order valence-corrected chi connectivity index (χ3v) is 2.78. The normalized spacial score (nSPS) is 11.8. The zero-order valence-electron chi connectivity index (χ0n) is 11.3. The van der Waals surface area contributed by atoms with Crippen molar-refractivity contribution in [3.63, 3.8) is 0 Å². The highest BCUT2D eigenvalue weighted by Crippen LogP contribution is 2.15. The summed E-state index contributed by atoms with van der Waals surface area (Å²) in [4.78, 5) is 0. The van der Waals surface area contributed by atoms with Gasteiger partial charge in [0.2, 0.25) is 0 Å². The zero-order chi connectivity index (χ0) is 14.0. The van der Waals surface area contributed by atoms with Crippen LogP contribution in [0.25, 0.3) is 11.8 Å². The van der Waals surface area contributed by atoms with E-state index >= 15 is 0 Å². The second kappa shape index (κ2) is 7.97. The van der Waals surface area contributed by atoms with E-state index in [9.17, 15) is 0 Å². The molecule has 0 bridgehead atoms. The molecule has 0 aliphatic rings. The highest BCUT2D eigenvalue weighted by atomic mass is 16.5. The maximum absolute atomic E-state index is 9.06. The lowest BCUT2D eigenvalue weighted by Crippen LogP contribution is -1.94. The third kappa shape index (κ3) is 4.41. The van der Waals surface area contributed by atoms with Crippen molar-refractivity contribution < 1.29 is 9.84 Å². The Morgan fingerprint density at radius 3 is 2.25 bits per heavy atom. The van der Waals surface area contributed by atoms with Crippen molar-refractivity contribution in [2.24, 2.45) is 0 Å². The molecule has 2 aromatic carbocycles. The maximum atomic E-state index is 9.06. The van der Waals surface area contributed by atoms with E-state index in [1.807, 2.05) is 72.8 Å². The average Bonchev–Trinajstić information content (AvgIpc) is 2.52. The van der Waals surface area contributed by atoms with Crippen molar-refractivity contribution in [2.75, 3.05) is 13.2 Å². The summed E-state index contributed by atoms with van der Waals surface area (Å²) in [7, 11) is 0. The SMILES string of the molecule is OCC=C(OCC=Cc1ccccc1)c1ccccc1. The van der Waals surface area contributed by atoms with Gasteiger partial charge in [0.1, 0.15) is 12.4 Å². The Kier molecular flexibility index (Phi) is 5.62. The van der Waals surface area contributed by atoms with Crippen LogP contribution in [0.4, 0.5) is 0 Å². The van der Waals surface area contributed by atoms with Crippen molar-refractivity contribution in [3.05, 3.63) is 83.9 Å². The Hall–Kier alpha value is -2.32. The molecule has 0 amide bonds. The Morgan fingerprint density at radius 1 is 0.950 bits per heavy atom. The van der Waals surface area contributed by atoms with Crippen molar-refractivity contribution >= 4 is 11.8 Å². The van der Waals surface area contributed by atoms with Gasteiger partial charge in [0, 0.05) is 5.56 Å². The lowest BCUT2D eigenvalue weighted by atomic mass is 10.2. The van der Waals surface area contributed by atoms with E-state index in [4.69, 9.17) is 9.84 Å². The summed E-state index contributed by atoms with van der Waals surface area (Å²) in [5.74, 6) is 0.700. The van der Waals surface area contributed by atoms with Gasteiger partial charge in [-0.3, -0.25) is 0 Å². The summed E-state index contributed by atoms with van der Waals surface area (Å²) < 4.78 is 5.70. The van der Waals surface area contributed by atoms with Crippen LogP contribution in [0.5, 0.6) is 0 Å². The van der Waals surface area contributed by atoms with Gasteiger partial charge in [-0.1, -0.05) is 66.7 Å². The summed E-state index contributed by atoms with van der Waals surface area (Å²) in [5.41, 5.74) is 2.11. The van der Waals surface area contributed by atoms with E-state index in [1.165, 1.54) is 0 Å². The average molecular weight is 266 g/mol. The molecule has 2 aromatic rings. The van der Waals surface area contributed by atoms with Crippen LogP contribution in [0.3, 0.4) is 0 Å². The van der Waals surface area contributed by atoms with Crippen molar-refractivity contribution in [1.82, 2.24) is 0 Å². The largest absolute Gasteiger partial charge is 0.489 e. The van der Waals surface area contributed by atoms with Crippen LogP contribution in [0.15, 0.2) is 72.8 Å². The number of aliphatic hydroxyl groups is 1. The standard InChI is InChI=1S/C18H18O2/c19-14-13-18(17-11-5-2-6-12-17)20-15-7-10-16-8-3-1-4-9-16/h1-13,19H,14-15H2.